The molecule has 1 rings (SSSR count). The Balaban J connectivity index is 2.71. The minimum absolute atomic E-state index is 0.0587. The van der Waals surface area contributed by atoms with E-state index in [0.29, 0.717) is 6.42 Å². The van der Waals surface area contributed by atoms with Crippen molar-refractivity contribution >= 4 is 9.84 Å². The minimum atomic E-state index is -2.92. The Morgan fingerprint density at radius 2 is 2.18 bits per heavy atom. The molecule has 0 amide bonds. The van der Waals surface area contributed by atoms with Crippen molar-refractivity contribution in [1.29, 1.82) is 0 Å². The maximum atomic E-state index is 11.2. The predicted molar refractivity (Wildman–Crippen MR) is 68.8 cm³/mol. The van der Waals surface area contributed by atoms with Crippen LogP contribution in [0.1, 0.15) is 37.1 Å². The Bertz CT molecular complexity index is 436. The molecule has 1 atom stereocenters. The molecule has 1 heterocycles. The summed E-state index contributed by atoms with van der Waals surface area (Å²) in [6, 6.07) is 1.97. The van der Waals surface area contributed by atoms with E-state index in [1.807, 2.05) is 13.0 Å². The lowest BCUT2D eigenvalue weighted by molar-refractivity contribution is 0.486. The number of sulfone groups is 1. The largest absolute Gasteiger partial charge is 0.469 e. The number of nitrogens with one attached hydrogen (secondary N) is 1. The first-order valence-corrected chi connectivity index (χ1v) is 7.95. The smallest absolute Gasteiger partial charge is 0.147 e. The highest BCUT2D eigenvalue weighted by Gasteiger charge is 2.17. The molecule has 0 saturated carbocycles. The molecule has 0 aromatic carbocycles. The molecule has 0 aliphatic carbocycles. The molecule has 1 aromatic heterocycles. The molecular weight excluding hydrogens is 238 g/mol. The summed E-state index contributed by atoms with van der Waals surface area (Å²) < 4.78 is 27.7. The number of hydrogen-bond donors (Lipinski definition) is 1. The fraction of sp³-hybridized carbons (Fsp3) is 0.667. The molecule has 0 aliphatic rings. The molecule has 1 N–H and O–H groups in total. The van der Waals surface area contributed by atoms with Crippen LogP contribution in [0.25, 0.3) is 0 Å². The van der Waals surface area contributed by atoms with Crippen LogP contribution < -0.4 is 5.32 Å². The second-order valence-corrected chi connectivity index (χ2v) is 6.62. The average Bonchev–Trinajstić information content (AvgIpc) is 2.63. The summed E-state index contributed by atoms with van der Waals surface area (Å²) in [6.45, 7) is 4.86. The van der Waals surface area contributed by atoms with Crippen molar-refractivity contribution in [3.63, 3.8) is 0 Å². The van der Waals surface area contributed by atoms with Crippen molar-refractivity contribution in [1.82, 2.24) is 5.32 Å². The first kappa shape index (κ1) is 14.3. The summed E-state index contributed by atoms with van der Waals surface area (Å²) in [5, 5.41) is 3.36. The summed E-state index contributed by atoms with van der Waals surface area (Å²) in [7, 11) is -2.92. The Labute approximate surface area is 103 Å². The molecule has 4 nitrogen and oxygen atoms in total. The lowest BCUT2D eigenvalue weighted by Gasteiger charge is -2.17. The highest BCUT2D eigenvalue weighted by molar-refractivity contribution is 7.90. The van der Waals surface area contributed by atoms with Gasteiger partial charge < -0.3 is 9.73 Å². The standard InChI is InChI=1S/C12H21NO3S/c1-4-7-13-12(6-9-17(3,14)15)11-5-8-16-10(11)2/h5,8,12-13H,4,6-7,9H2,1-3H3. The molecular formula is C12H21NO3S. The SMILES string of the molecule is CCCNC(CCS(C)(=O)=O)c1ccoc1C. The Morgan fingerprint density at radius 1 is 1.47 bits per heavy atom. The van der Waals surface area contributed by atoms with Crippen LogP contribution in [-0.4, -0.2) is 27.0 Å². The number of aryl methyl sites for hydroxylation is 1. The van der Waals surface area contributed by atoms with E-state index in [-0.39, 0.29) is 11.8 Å². The van der Waals surface area contributed by atoms with Crippen molar-refractivity contribution in [3.8, 4) is 0 Å². The monoisotopic (exact) mass is 259 g/mol. The molecule has 0 aliphatic heterocycles. The summed E-state index contributed by atoms with van der Waals surface area (Å²) in [4.78, 5) is 0. The van der Waals surface area contributed by atoms with E-state index in [4.69, 9.17) is 4.42 Å². The van der Waals surface area contributed by atoms with Crippen molar-refractivity contribution in [2.45, 2.75) is 32.7 Å². The van der Waals surface area contributed by atoms with Gasteiger partial charge in [0.1, 0.15) is 15.6 Å². The summed E-state index contributed by atoms with van der Waals surface area (Å²) >= 11 is 0. The van der Waals surface area contributed by atoms with E-state index < -0.39 is 9.84 Å². The highest BCUT2D eigenvalue weighted by atomic mass is 32.2. The summed E-state index contributed by atoms with van der Waals surface area (Å²) in [5.74, 6) is 1.05. The lowest BCUT2D eigenvalue weighted by atomic mass is 10.1. The van der Waals surface area contributed by atoms with Gasteiger partial charge in [0.15, 0.2) is 0 Å². The van der Waals surface area contributed by atoms with Crippen molar-refractivity contribution in [2.75, 3.05) is 18.6 Å². The van der Waals surface area contributed by atoms with Gasteiger partial charge in [0, 0.05) is 17.9 Å². The number of hydrogen-bond acceptors (Lipinski definition) is 4. The van der Waals surface area contributed by atoms with Crippen LogP contribution in [0.4, 0.5) is 0 Å². The van der Waals surface area contributed by atoms with Crippen LogP contribution in [0.5, 0.6) is 0 Å². The highest BCUT2D eigenvalue weighted by Crippen LogP contribution is 2.22. The molecule has 17 heavy (non-hydrogen) atoms. The van der Waals surface area contributed by atoms with Crippen LogP contribution in [-0.2, 0) is 9.84 Å². The van der Waals surface area contributed by atoms with E-state index in [0.717, 1.165) is 24.3 Å². The van der Waals surface area contributed by atoms with Crippen LogP contribution in [0, 0.1) is 6.92 Å². The van der Waals surface area contributed by atoms with Gasteiger partial charge in [0.05, 0.1) is 12.0 Å². The Hall–Kier alpha value is -0.810. The zero-order valence-electron chi connectivity index (χ0n) is 10.7. The van der Waals surface area contributed by atoms with E-state index in [2.05, 4.69) is 12.2 Å². The Kier molecular flexibility index (Phi) is 5.21. The van der Waals surface area contributed by atoms with Crippen molar-refractivity contribution in [3.05, 3.63) is 23.7 Å². The second kappa shape index (κ2) is 6.21. The van der Waals surface area contributed by atoms with E-state index in [1.165, 1.54) is 6.26 Å². The van der Waals surface area contributed by atoms with Crippen LogP contribution >= 0.6 is 0 Å². The molecule has 5 heteroatoms. The topological polar surface area (TPSA) is 59.3 Å². The van der Waals surface area contributed by atoms with Gasteiger partial charge in [-0.1, -0.05) is 6.92 Å². The molecule has 0 bridgehead atoms. The predicted octanol–water partition coefficient (Wildman–Crippen LogP) is 2.06. The van der Waals surface area contributed by atoms with Gasteiger partial charge in [-0.25, -0.2) is 8.42 Å². The fourth-order valence-electron chi connectivity index (χ4n) is 1.77. The van der Waals surface area contributed by atoms with Gasteiger partial charge in [-0.2, -0.15) is 0 Å². The van der Waals surface area contributed by atoms with Crippen molar-refractivity contribution in [2.24, 2.45) is 0 Å². The van der Waals surface area contributed by atoms with E-state index in [9.17, 15) is 8.42 Å². The normalized spacial score (nSPS) is 13.8. The molecule has 0 saturated heterocycles. The van der Waals surface area contributed by atoms with Gasteiger partial charge in [-0.15, -0.1) is 0 Å². The van der Waals surface area contributed by atoms with Gasteiger partial charge in [0.25, 0.3) is 0 Å². The van der Waals surface area contributed by atoms with E-state index >= 15 is 0 Å². The number of furan rings is 1. The first-order chi connectivity index (χ1) is 7.94. The van der Waals surface area contributed by atoms with Gasteiger partial charge >= 0.3 is 0 Å². The molecule has 1 unspecified atom stereocenters. The maximum Gasteiger partial charge on any atom is 0.147 e. The zero-order valence-corrected chi connectivity index (χ0v) is 11.5. The third kappa shape index (κ3) is 4.91. The average molecular weight is 259 g/mol. The summed E-state index contributed by atoms with van der Waals surface area (Å²) in [5.41, 5.74) is 1.06. The molecule has 0 fully saturated rings. The second-order valence-electron chi connectivity index (χ2n) is 4.36. The lowest BCUT2D eigenvalue weighted by Crippen LogP contribution is -2.24. The van der Waals surface area contributed by atoms with Crippen molar-refractivity contribution < 1.29 is 12.8 Å². The molecule has 98 valence electrons. The third-order valence-electron chi connectivity index (χ3n) is 2.69. The van der Waals surface area contributed by atoms with Crippen LogP contribution in [0.2, 0.25) is 0 Å². The van der Waals surface area contributed by atoms with Crippen LogP contribution in [0.3, 0.4) is 0 Å². The fourth-order valence-corrected chi connectivity index (χ4v) is 2.44. The number of rotatable bonds is 7. The molecule has 1 aromatic rings. The van der Waals surface area contributed by atoms with Gasteiger partial charge in [-0.05, 0) is 32.4 Å². The zero-order chi connectivity index (χ0) is 12.9. The molecule has 0 spiro atoms. The maximum absolute atomic E-state index is 11.2. The van der Waals surface area contributed by atoms with E-state index in [1.54, 1.807) is 6.26 Å². The quantitative estimate of drug-likeness (QED) is 0.814. The Morgan fingerprint density at radius 3 is 2.65 bits per heavy atom. The minimum Gasteiger partial charge on any atom is -0.469 e. The van der Waals surface area contributed by atoms with Crippen LogP contribution in [0.15, 0.2) is 16.7 Å². The molecule has 0 radical (unpaired) electrons. The summed E-state index contributed by atoms with van der Waals surface area (Å²) in [6.07, 6.45) is 4.52. The van der Waals surface area contributed by atoms with Gasteiger partial charge in [-0.3, -0.25) is 0 Å². The third-order valence-corrected chi connectivity index (χ3v) is 3.67. The first-order valence-electron chi connectivity index (χ1n) is 5.89. The van der Waals surface area contributed by atoms with Gasteiger partial charge in [0.2, 0.25) is 0 Å².